The zero-order valence-electron chi connectivity index (χ0n) is 8.98. The molecule has 1 rings (SSSR count). The Morgan fingerprint density at radius 1 is 1.47 bits per heavy atom. The van der Waals surface area contributed by atoms with Crippen molar-refractivity contribution in [1.82, 2.24) is 0 Å². The molecule has 0 radical (unpaired) electrons. The number of carbonyl (C=O) groups is 2. The molecule has 0 aliphatic carbocycles. The molecule has 0 aliphatic heterocycles. The summed E-state index contributed by atoms with van der Waals surface area (Å²) in [6, 6.07) is 4.46. The smallest absolute Gasteiger partial charge is 0.354 e. The highest BCUT2D eigenvalue weighted by atomic mass is 35.5. The van der Waals surface area contributed by atoms with Gasteiger partial charge in [0.05, 0.1) is 11.6 Å². The number of rotatable bonds is 5. The van der Waals surface area contributed by atoms with Crippen molar-refractivity contribution in [1.29, 1.82) is 0 Å². The van der Waals surface area contributed by atoms with Crippen LogP contribution in [-0.2, 0) is 14.3 Å². The van der Waals surface area contributed by atoms with Crippen LogP contribution in [0.1, 0.15) is 6.92 Å². The maximum absolute atomic E-state index is 11.3. The van der Waals surface area contributed by atoms with Crippen molar-refractivity contribution in [3.63, 3.8) is 0 Å². The van der Waals surface area contributed by atoms with Gasteiger partial charge in [-0.05, 0) is 25.1 Å². The monoisotopic (exact) mass is 276 g/mol. The van der Waals surface area contributed by atoms with E-state index < -0.39 is 12.1 Å². The lowest BCUT2D eigenvalue weighted by Gasteiger charge is -2.13. The minimum atomic E-state index is -1.33. The van der Waals surface area contributed by atoms with Crippen molar-refractivity contribution in [2.24, 2.45) is 0 Å². The van der Waals surface area contributed by atoms with Crippen LogP contribution < -0.4 is 4.74 Å². The Morgan fingerprint density at radius 3 is 2.71 bits per heavy atom. The molecule has 1 unspecified atom stereocenters. The Balaban J connectivity index is 2.80. The van der Waals surface area contributed by atoms with Gasteiger partial charge >= 0.3 is 5.97 Å². The molecule has 0 bridgehead atoms. The maximum atomic E-state index is 11.3. The summed E-state index contributed by atoms with van der Waals surface area (Å²) in [4.78, 5) is 22.0. The van der Waals surface area contributed by atoms with Crippen LogP contribution in [0.15, 0.2) is 18.2 Å². The summed E-state index contributed by atoms with van der Waals surface area (Å²) in [5.41, 5.74) is 0. The van der Waals surface area contributed by atoms with Gasteiger partial charge in [0.25, 0.3) is 0 Å². The topological polar surface area (TPSA) is 52.6 Å². The molecule has 17 heavy (non-hydrogen) atoms. The standard InChI is InChI=1S/C11H10Cl2O4/c1-2-16-11(15)10(6-14)17-9-4-3-7(12)5-8(9)13/h3-6,10H,2H2,1H3. The first-order valence-electron chi connectivity index (χ1n) is 4.82. The molecule has 0 saturated heterocycles. The Bertz CT molecular complexity index is 420. The molecule has 0 aromatic heterocycles. The van der Waals surface area contributed by atoms with Crippen molar-refractivity contribution >= 4 is 35.5 Å². The third-order valence-electron chi connectivity index (χ3n) is 1.79. The number of hydrogen-bond acceptors (Lipinski definition) is 4. The minimum absolute atomic E-state index is 0.168. The zero-order chi connectivity index (χ0) is 12.8. The predicted molar refractivity (Wildman–Crippen MR) is 63.6 cm³/mol. The summed E-state index contributed by atoms with van der Waals surface area (Å²) in [6.45, 7) is 1.80. The molecule has 1 aromatic rings. The second-order valence-electron chi connectivity index (χ2n) is 3.00. The molecule has 0 aliphatic rings. The molecule has 4 nitrogen and oxygen atoms in total. The Labute approximate surface area is 108 Å². The number of hydrogen-bond donors (Lipinski definition) is 0. The Morgan fingerprint density at radius 2 is 2.18 bits per heavy atom. The molecule has 1 aromatic carbocycles. The highest BCUT2D eigenvalue weighted by Crippen LogP contribution is 2.28. The zero-order valence-corrected chi connectivity index (χ0v) is 10.5. The fourth-order valence-corrected chi connectivity index (χ4v) is 1.52. The second-order valence-corrected chi connectivity index (χ2v) is 3.84. The Hall–Kier alpha value is -1.26. The van der Waals surface area contributed by atoms with Gasteiger partial charge < -0.3 is 9.47 Å². The lowest BCUT2D eigenvalue weighted by molar-refractivity contribution is -0.152. The van der Waals surface area contributed by atoms with Crippen LogP contribution in [0.5, 0.6) is 5.75 Å². The second kappa shape index (κ2) is 6.47. The normalized spacial score (nSPS) is 11.7. The van der Waals surface area contributed by atoms with Gasteiger partial charge in [0.2, 0.25) is 6.10 Å². The first-order valence-corrected chi connectivity index (χ1v) is 5.57. The number of esters is 1. The lowest BCUT2D eigenvalue weighted by atomic mass is 10.3. The molecule has 0 spiro atoms. The van der Waals surface area contributed by atoms with Crippen molar-refractivity contribution in [3.8, 4) is 5.75 Å². The van der Waals surface area contributed by atoms with E-state index in [-0.39, 0.29) is 17.4 Å². The molecule has 0 saturated carbocycles. The summed E-state index contributed by atoms with van der Waals surface area (Å²) >= 11 is 11.5. The number of carbonyl (C=O) groups excluding carboxylic acids is 2. The van der Waals surface area contributed by atoms with E-state index in [0.717, 1.165) is 0 Å². The molecule has 0 heterocycles. The molecule has 0 fully saturated rings. The minimum Gasteiger partial charge on any atom is -0.470 e. The number of benzene rings is 1. The van der Waals surface area contributed by atoms with Crippen LogP contribution >= 0.6 is 23.2 Å². The fourth-order valence-electron chi connectivity index (χ4n) is 1.06. The first-order chi connectivity index (χ1) is 8.08. The van der Waals surface area contributed by atoms with Crippen molar-refractivity contribution in [3.05, 3.63) is 28.2 Å². The number of ether oxygens (including phenoxy) is 2. The van der Waals surface area contributed by atoms with Gasteiger partial charge in [-0.1, -0.05) is 23.2 Å². The van der Waals surface area contributed by atoms with Gasteiger partial charge in [-0.15, -0.1) is 0 Å². The number of aldehydes is 1. The summed E-state index contributed by atoms with van der Waals surface area (Å²) in [6.07, 6.45) is -0.975. The van der Waals surface area contributed by atoms with E-state index in [1.165, 1.54) is 18.2 Å². The maximum Gasteiger partial charge on any atom is 0.354 e. The van der Waals surface area contributed by atoms with E-state index >= 15 is 0 Å². The molecular weight excluding hydrogens is 267 g/mol. The summed E-state index contributed by atoms with van der Waals surface area (Å²) in [5.74, 6) is -0.560. The average Bonchev–Trinajstić information content (AvgIpc) is 2.28. The summed E-state index contributed by atoms with van der Waals surface area (Å²) < 4.78 is 9.80. The predicted octanol–water partition coefficient (Wildman–Crippen LogP) is 2.50. The fraction of sp³-hybridized carbons (Fsp3) is 0.273. The van der Waals surface area contributed by atoms with Gasteiger partial charge in [0.1, 0.15) is 5.75 Å². The molecular formula is C11H10Cl2O4. The lowest BCUT2D eigenvalue weighted by Crippen LogP contribution is -2.30. The Kier molecular flexibility index (Phi) is 5.25. The summed E-state index contributed by atoms with van der Waals surface area (Å²) in [5, 5.41) is 0.648. The van der Waals surface area contributed by atoms with E-state index in [2.05, 4.69) is 4.74 Å². The molecule has 0 N–H and O–H groups in total. The van der Waals surface area contributed by atoms with Gasteiger partial charge in [-0.3, -0.25) is 4.79 Å². The molecule has 0 amide bonds. The highest BCUT2D eigenvalue weighted by Gasteiger charge is 2.21. The average molecular weight is 277 g/mol. The molecule has 1 atom stereocenters. The van der Waals surface area contributed by atoms with Crippen LogP contribution in [-0.4, -0.2) is 25.0 Å². The SMILES string of the molecule is CCOC(=O)C(C=O)Oc1ccc(Cl)cc1Cl. The van der Waals surface area contributed by atoms with E-state index in [1.807, 2.05) is 0 Å². The van der Waals surface area contributed by atoms with Crippen LogP contribution in [0.2, 0.25) is 10.0 Å². The van der Waals surface area contributed by atoms with Crippen LogP contribution in [0, 0.1) is 0 Å². The van der Waals surface area contributed by atoms with Gasteiger partial charge in [0, 0.05) is 5.02 Å². The van der Waals surface area contributed by atoms with E-state index in [9.17, 15) is 9.59 Å². The van der Waals surface area contributed by atoms with Crippen LogP contribution in [0.25, 0.3) is 0 Å². The number of halogens is 2. The quantitative estimate of drug-likeness (QED) is 0.471. The third-order valence-corrected chi connectivity index (χ3v) is 2.32. The molecule has 92 valence electrons. The van der Waals surface area contributed by atoms with Gasteiger partial charge in [-0.25, -0.2) is 4.79 Å². The van der Waals surface area contributed by atoms with Crippen molar-refractivity contribution < 1.29 is 19.1 Å². The van der Waals surface area contributed by atoms with Gasteiger partial charge in [0.15, 0.2) is 6.29 Å². The van der Waals surface area contributed by atoms with Gasteiger partial charge in [-0.2, -0.15) is 0 Å². The van der Waals surface area contributed by atoms with Crippen molar-refractivity contribution in [2.75, 3.05) is 6.61 Å². The van der Waals surface area contributed by atoms with Crippen LogP contribution in [0.4, 0.5) is 0 Å². The van der Waals surface area contributed by atoms with E-state index in [4.69, 9.17) is 27.9 Å². The largest absolute Gasteiger partial charge is 0.470 e. The first kappa shape index (κ1) is 13.8. The van der Waals surface area contributed by atoms with E-state index in [0.29, 0.717) is 11.3 Å². The summed E-state index contributed by atoms with van der Waals surface area (Å²) in [7, 11) is 0. The molecule has 6 heteroatoms. The van der Waals surface area contributed by atoms with E-state index in [1.54, 1.807) is 6.92 Å². The van der Waals surface area contributed by atoms with Crippen LogP contribution in [0.3, 0.4) is 0 Å². The highest BCUT2D eigenvalue weighted by molar-refractivity contribution is 6.35. The third kappa shape index (κ3) is 3.91. The van der Waals surface area contributed by atoms with Crippen molar-refractivity contribution in [2.45, 2.75) is 13.0 Å².